The van der Waals surface area contributed by atoms with E-state index in [-0.39, 0.29) is 30.2 Å². The number of nitrogens with one attached hydrogen (secondary N) is 1. The summed E-state index contributed by atoms with van der Waals surface area (Å²) in [6.45, 7) is 5.90. The maximum atomic E-state index is 15.6. The van der Waals surface area contributed by atoms with Crippen LogP contribution >= 0.6 is 0 Å². The molecule has 2 aromatic heterocycles. The van der Waals surface area contributed by atoms with E-state index in [1.165, 1.54) is 32.2 Å². The number of alkyl halides is 3. The van der Waals surface area contributed by atoms with Crippen LogP contribution in [0.1, 0.15) is 31.9 Å². The van der Waals surface area contributed by atoms with Crippen molar-refractivity contribution in [3.05, 3.63) is 63.8 Å². The van der Waals surface area contributed by atoms with Gasteiger partial charge in [-0.25, -0.2) is 14.4 Å². The lowest BCUT2D eigenvalue weighted by molar-refractivity contribution is -0.137. The number of rotatable bonds is 10. The van der Waals surface area contributed by atoms with E-state index < -0.39 is 45.8 Å². The first-order valence-corrected chi connectivity index (χ1v) is 11.3. The molecule has 1 aromatic carbocycles. The number of benzene rings is 1. The highest BCUT2D eigenvalue weighted by Crippen LogP contribution is 2.39. The first-order chi connectivity index (χ1) is 17.3. The van der Waals surface area contributed by atoms with E-state index in [1.807, 2.05) is 6.92 Å². The zero-order valence-corrected chi connectivity index (χ0v) is 20.4. The van der Waals surface area contributed by atoms with Crippen molar-refractivity contribution in [1.29, 1.82) is 0 Å². The summed E-state index contributed by atoms with van der Waals surface area (Å²) in [4.78, 5) is 34.5. The SMILES string of the molecule is CCOCCOc1ccc(-c2cc(=O)[nH]c(-c3c(C(F)(F)F)ccc(CC(C)(C)C(N)=O)c3F)n2)cn1. The number of halogens is 4. The topological polar surface area (TPSA) is 120 Å². The van der Waals surface area contributed by atoms with Crippen LogP contribution < -0.4 is 16.0 Å². The highest BCUT2D eigenvalue weighted by Gasteiger charge is 2.37. The number of hydrogen-bond donors (Lipinski definition) is 2. The van der Waals surface area contributed by atoms with Gasteiger partial charge in [-0.05, 0) is 31.0 Å². The Morgan fingerprint density at radius 2 is 1.86 bits per heavy atom. The molecule has 0 aliphatic rings. The summed E-state index contributed by atoms with van der Waals surface area (Å²) in [5.74, 6) is -2.37. The second-order valence-corrected chi connectivity index (χ2v) is 8.79. The van der Waals surface area contributed by atoms with Gasteiger partial charge in [0, 0.05) is 35.9 Å². The fourth-order valence-electron chi connectivity index (χ4n) is 3.48. The molecule has 12 heteroatoms. The van der Waals surface area contributed by atoms with Crippen molar-refractivity contribution in [2.45, 2.75) is 33.4 Å². The third-order valence-corrected chi connectivity index (χ3v) is 5.52. The molecule has 0 unspecified atom stereocenters. The molecule has 0 aliphatic heterocycles. The molecule has 8 nitrogen and oxygen atoms in total. The van der Waals surface area contributed by atoms with Gasteiger partial charge in [0.15, 0.2) is 0 Å². The third kappa shape index (κ3) is 6.70. The Balaban J connectivity index is 2.06. The number of hydrogen-bond acceptors (Lipinski definition) is 6. The molecule has 0 spiro atoms. The van der Waals surface area contributed by atoms with Crippen LogP contribution in [0.3, 0.4) is 0 Å². The summed E-state index contributed by atoms with van der Waals surface area (Å²) in [5.41, 5.74) is 1.13. The molecule has 3 N–H and O–H groups in total. The smallest absolute Gasteiger partial charge is 0.417 e. The summed E-state index contributed by atoms with van der Waals surface area (Å²) in [5, 5.41) is 0. The molecule has 0 bridgehead atoms. The molecule has 3 rings (SSSR count). The zero-order valence-electron chi connectivity index (χ0n) is 20.4. The van der Waals surface area contributed by atoms with E-state index in [0.717, 1.165) is 12.1 Å². The number of pyridine rings is 1. The highest BCUT2D eigenvalue weighted by molar-refractivity contribution is 5.80. The van der Waals surface area contributed by atoms with E-state index in [0.29, 0.717) is 24.8 Å². The maximum absolute atomic E-state index is 15.6. The van der Waals surface area contributed by atoms with Crippen LogP contribution in [0.5, 0.6) is 5.88 Å². The minimum Gasteiger partial charge on any atom is -0.475 e. The van der Waals surface area contributed by atoms with Crippen LogP contribution in [0.25, 0.3) is 22.6 Å². The van der Waals surface area contributed by atoms with Gasteiger partial charge in [0.1, 0.15) is 18.2 Å². The van der Waals surface area contributed by atoms with Crippen LogP contribution in [-0.2, 0) is 22.1 Å². The Morgan fingerprint density at radius 1 is 1.14 bits per heavy atom. The molecule has 0 saturated carbocycles. The summed E-state index contributed by atoms with van der Waals surface area (Å²) in [6.07, 6.45) is -3.89. The molecule has 0 fully saturated rings. The first-order valence-electron chi connectivity index (χ1n) is 11.3. The Kier molecular flexibility index (Phi) is 8.32. The molecular formula is C25H26F4N4O4. The number of carbonyl (C=O) groups is 1. The van der Waals surface area contributed by atoms with E-state index >= 15 is 4.39 Å². The van der Waals surface area contributed by atoms with Gasteiger partial charge in [-0.1, -0.05) is 19.9 Å². The summed E-state index contributed by atoms with van der Waals surface area (Å²) < 4.78 is 67.7. The van der Waals surface area contributed by atoms with Crippen LogP contribution in [0.4, 0.5) is 17.6 Å². The van der Waals surface area contributed by atoms with Gasteiger partial charge in [0.25, 0.3) is 5.56 Å². The fraction of sp³-hybridized carbons (Fsp3) is 0.360. The van der Waals surface area contributed by atoms with Gasteiger partial charge in [0.2, 0.25) is 11.8 Å². The van der Waals surface area contributed by atoms with E-state index in [4.69, 9.17) is 15.2 Å². The van der Waals surface area contributed by atoms with Crippen LogP contribution in [0, 0.1) is 11.2 Å². The second kappa shape index (κ2) is 11.1. The number of aromatic nitrogens is 3. The number of nitrogens with two attached hydrogens (primary N) is 1. The normalized spacial score (nSPS) is 12.0. The van der Waals surface area contributed by atoms with Crippen molar-refractivity contribution in [3.63, 3.8) is 0 Å². The summed E-state index contributed by atoms with van der Waals surface area (Å²) in [7, 11) is 0. The number of amides is 1. The summed E-state index contributed by atoms with van der Waals surface area (Å²) >= 11 is 0. The average molecular weight is 522 g/mol. The molecule has 0 aliphatic carbocycles. The highest BCUT2D eigenvalue weighted by atomic mass is 19.4. The minimum atomic E-state index is -4.95. The van der Waals surface area contributed by atoms with Gasteiger partial charge in [0.05, 0.1) is 23.4 Å². The molecule has 0 atom stereocenters. The van der Waals surface area contributed by atoms with Crippen molar-refractivity contribution < 1.29 is 31.8 Å². The van der Waals surface area contributed by atoms with Crippen molar-refractivity contribution >= 4 is 5.91 Å². The zero-order chi connectivity index (χ0) is 27.4. The Labute approximate surface area is 209 Å². The van der Waals surface area contributed by atoms with Gasteiger partial charge in [-0.2, -0.15) is 13.2 Å². The Morgan fingerprint density at radius 3 is 2.46 bits per heavy atom. The number of H-pyrrole nitrogens is 1. The van der Waals surface area contributed by atoms with Gasteiger partial charge >= 0.3 is 6.18 Å². The van der Waals surface area contributed by atoms with E-state index in [1.54, 1.807) is 0 Å². The van der Waals surface area contributed by atoms with Gasteiger partial charge < -0.3 is 20.2 Å². The van der Waals surface area contributed by atoms with Crippen molar-refractivity contribution in [1.82, 2.24) is 15.0 Å². The van der Waals surface area contributed by atoms with Crippen LogP contribution in [-0.4, -0.2) is 40.7 Å². The third-order valence-electron chi connectivity index (χ3n) is 5.52. The largest absolute Gasteiger partial charge is 0.475 e. The molecular weight excluding hydrogens is 496 g/mol. The van der Waals surface area contributed by atoms with Gasteiger partial charge in [-0.3, -0.25) is 9.59 Å². The molecule has 37 heavy (non-hydrogen) atoms. The average Bonchev–Trinajstić information content (AvgIpc) is 2.82. The Bertz CT molecular complexity index is 1320. The molecule has 2 heterocycles. The van der Waals surface area contributed by atoms with Crippen LogP contribution in [0.15, 0.2) is 41.3 Å². The molecule has 198 valence electrons. The number of carbonyl (C=O) groups excluding carboxylic acids is 1. The molecule has 3 aromatic rings. The molecule has 1 amide bonds. The standard InChI is InChI=1S/C25H26F4N4O4/c1-4-36-9-10-37-19-8-6-15(13-31-19)17-11-18(34)33-22(32-17)20-16(25(27,28)29)7-5-14(21(20)26)12-24(2,3)23(30)35/h5-8,11,13H,4,9-10,12H2,1-3H3,(H2,30,35)(H,32,33,34). The van der Waals surface area contributed by atoms with Crippen LogP contribution in [0.2, 0.25) is 0 Å². The fourth-order valence-corrected chi connectivity index (χ4v) is 3.48. The van der Waals surface area contributed by atoms with Crippen molar-refractivity contribution in [2.75, 3.05) is 19.8 Å². The van der Waals surface area contributed by atoms with Crippen molar-refractivity contribution in [2.24, 2.45) is 11.1 Å². The molecule has 0 radical (unpaired) electrons. The lowest BCUT2D eigenvalue weighted by Crippen LogP contribution is -2.33. The second-order valence-electron chi connectivity index (χ2n) is 8.79. The summed E-state index contributed by atoms with van der Waals surface area (Å²) in [6, 6.07) is 5.71. The van der Waals surface area contributed by atoms with E-state index in [9.17, 15) is 22.8 Å². The number of primary amides is 1. The predicted molar refractivity (Wildman–Crippen MR) is 127 cm³/mol. The number of nitrogens with zero attached hydrogens (tertiary/aromatic N) is 2. The van der Waals surface area contributed by atoms with Gasteiger partial charge in [-0.15, -0.1) is 0 Å². The Hall–Kier alpha value is -3.80. The van der Waals surface area contributed by atoms with Crippen molar-refractivity contribution in [3.8, 4) is 28.5 Å². The van der Waals surface area contributed by atoms with E-state index in [2.05, 4.69) is 15.0 Å². The maximum Gasteiger partial charge on any atom is 0.417 e. The first kappa shape index (κ1) is 27.8. The lowest BCUT2D eigenvalue weighted by atomic mass is 9.84. The minimum absolute atomic E-state index is 0.0255. The lowest BCUT2D eigenvalue weighted by Gasteiger charge is -2.22. The monoisotopic (exact) mass is 522 g/mol. The molecule has 0 saturated heterocycles. The number of aromatic amines is 1. The number of ether oxygens (including phenoxy) is 2. The quantitative estimate of drug-likeness (QED) is 0.305. The predicted octanol–water partition coefficient (Wildman–Crippen LogP) is 4.13.